The molecule has 0 N–H and O–H groups in total. The Morgan fingerprint density at radius 3 is 0.653 bits per heavy atom. The van der Waals surface area contributed by atoms with Crippen LogP contribution in [-0.4, -0.2) is 0 Å². The van der Waals surface area contributed by atoms with Crippen molar-refractivity contribution in [2.75, 3.05) is 4.90 Å². The summed E-state index contributed by atoms with van der Waals surface area (Å²) in [5.41, 5.74) is 32.0. The zero-order valence-electron chi connectivity index (χ0n) is 28.1. The van der Waals surface area contributed by atoms with E-state index < -0.39 is 0 Å². The van der Waals surface area contributed by atoms with E-state index in [1.165, 1.54) is 17.1 Å². The summed E-state index contributed by atoms with van der Waals surface area (Å²) in [6, 6.07) is 36.6. The summed E-state index contributed by atoms with van der Waals surface area (Å²) in [5.74, 6) is 0. The van der Waals surface area contributed by atoms with Crippen molar-refractivity contribution < 1.29 is 0 Å². The minimum atomic E-state index is 1.13. The third-order valence-electron chi connectivity index (χ3n) is 13.1. The minimum absolute atomic E-state index is 1.13. The second kappa shape index (κ2) is 9.85. The third kappa shape index (κ3) is 3.77. The van der Waals surface area contributed by atoms with Gasteiger partial charge in [-0.3, -0.25) is 0 Å². The molecule has 0 fully saturated rings. The van der Waals surface area contributed by atoms with Crippen molar-refractivity contribution in [3.63, 3.8) is 0 Å². The van der Waals surface area contributed by atoms with Gasteiger partial charge in [-0.25, -0.2) is 0 Å². The van der Waals surface area contributed by atoms with Crippen molar-refractivity contribution in [2.24, 2.45) is 0 Å². The maximum atomic E-state index is 2.69. The fourth-order valence-corrected chi connectivity index (χ4v) is 11.0. The fourth-order valence-electron chi connectivity index (χ4n) is 11.0. The van der Waals surface area contributed by atoms with E-state index in [2.05, 4.69) is 95.9 Å². The molecular formula is C48H39N. The smallest absolute Gasteiger partial charge is 0.0467 e. The average Bonchev–Trinajstić information content (AvgIpc) is 3.15. The van der Waals surface area contributed by atoms with Crippen LogP contribution in [0.2, 0.25) is 0 Å². The van der Waals surface area contributed by atoms with Crippen LogP contribution in [-0.2, 0) is 77.0 Å². The van der Waals surface area contributed by atoms with Crippen LogP contribution in [0.4, 0.5) is 17.1 Å². The van der Waals surface area contributed by atoms with E-state index in [0.717, 1.165) is 77.0 Å². The molecule has 0 amide bonds. The van der Waals surface area contributed by atoms with E-state index in [1.54, 1.807) is 100 Å². The highest BCUT2D eigenvalue weighted by atomic mass is 15.1. The highest BCUT2D eigenvalue weighted by Crippen LogP contribution is 2.51. The number of rotatable bonds is 3. The SMILES string of the molecule is c1cc2c3c(c1)CCc1cc(N(c4cc5c6c(c4)CCc4cccc(c4-6)CC5)c4cc5c6c(c4)CCc4cccc(c4-6)CC5)cc(c1-3)CC2. The normalized spacial score (nSPS) is 16.4. The monoisotopic (exact) mass is 629 g/mol. The lowest BCUT2D eigenvalue weighted by atomic mass is 9.74. The van der Waals surface area contributed by atoms with E-state index in [-0.39, 0.29) is 0 Å². The Kier molecular flexibility index (Phi) is 5.43. The predicted molar refractivity (Wildman–Crippen MR) is 202 cm³/mol. The molecule has 0 aliphatic heterocycles. The summed E-state index contributed by atoms with van der Waals surface area (Å²) in [6.45, 7) is 0. The summed E-state index contributed by atoms with van der Waals surface area (Å²) in [4.78, 5) is 2.69. The Hall–Kier alpha value is -4.88. The molecule has 0 heterocycles. The van der Waals surface area contributed by atoms with Gasteiger partial charge in [0.25, 0.3) is 0 Å². The first-order valence-corrected chi connectivity index (χ1v) is 18.9. The summed E-state index contributed by atoms with van der Waals surface area (Å²) in [6.07, 6.45) is 13.7. The number of benzene rings is 6. The van der Waals surface area contributed by atoms with Crippen LogP contribution in [0.5, 0.6) is 0 Å². The molecule has 6 aliphatic rings. The number of anilines is 3. The van der Waals surface area contributed by atoms with Crippen molar-refractivity contribution in [1.82, 2.24) is 0 Å². The van der Waals surface area contributed by atoms with Crippen molar-refractivity contribution in [3.8, 4) is 33.4 Å². The van der Waals surface area contributed by atoms with E-state index in [9.17, 15) is 0 Å². The maximum Gasteiger partial charge on any atom is 0.0467 e. The first-order chi connectivity index (χ1) is 24.2. The van der Waals surface area contributed by atoms with Crippen molar-refractivity contribution in [3.05, 3.63) is 158 Å². The Labute approximate surface area is 289 Å². The minimum Gasteiger partial charge on any atom is -0.310 e. The van der Waals surface area contributed by atoms with Gasteiger partial charge in [0.1, 0.15) is 0 Å². The standard InChI is InChI=1S/C48H39N/c1-4-28-10-16-34-22-40(23-35-17-11-29(5-1)43(28)46(34)35)49(41-24-36-18-12-30-6-2-7-31-13-19-37(25-41)47(36)44(30)31)42-26-38-20-14-32-8-3-9-33-15-21-39(27-42)48(38)45(32)33/h1-9,22-27H,10-21H2. The third-order valence-corrected chi connectivity index (χ3v) is 13.1. The molecule has 236 valence electrons. The molecule has 0 aromatic heterocycles. The van der Waals surface area contributed by atoms with Crippen LogP contribution < -0.4 is 4.90 Å². The quantitative estimate of drug-likeness (QED) is 0.188. The first kappa shape index (κ1) is 27.0. The molecule has 1 heteroatoms. The second-order valence-corrected chi connectivity index (χ2v) is 15.6. The average molecular weight is 630 g/mol. The van der Waals surface area contributed by atoms with Gasteiger partial charge in [0.05, 0.1) is 0 Å². The largest absolute Gasteiger partial charge is 0.310 e. The summed E-state index contributed by atoms with van der Waals surface area (Å²) < 4.78 is 0. The van der Waals surface area contributed by atoms with E-state index in [4.69, 9.17) is 0 Å². The molecule has 0 bridgehead atoms. The molecule has 0 saturated carbocycles. The van der Waals surface area contributed by atoms with Gasteiger partial charge >= 0.3 is 0 Å². The number of hydrogen-bond acceptors (Lipinski definition) is 1. The van der Waals surface area contributed by atoms with Gasteiger partial charge in [-0.1, -0.05) is 54.6 Å². The summed E-state index contributed by atoms with van der Waals surface area (Å²) in [5, 5.41) is 0. The Bertz CT molecular complexity index is 2040. The number of aryl methyl sites for hydroxylation is 12. The van der Waals surface area contributed by atoms with Gasteiger partial charge in [0.15, 0.2) is 0 Å². The zero-order valence-corrected chi connectivity index (χ0v) is 28.1. The fraction of sp³-hybridized carbons (Fsp3) is 0.250. The molecule has 12 rings (SSSR count). The van der Waals surface area contributed by atoms with Crippen LogP contribution in [0.25, 0.3) is 33.4 Å². The lowest BCUT2D eigenvalue weighted by Gasteiger charge is -2.36. The molecular weight excluding hydrogens is 591 g/mol. The van der Waals surface area contributed by atoms with Crippen molar-refractivity contribution in [1.29, 1.82) is 0 Å². The van der Waals surface area contributed by atoms with Crippen LogP contribution in [0, 0.1) is 0 Å². The zero-order chi connectivity index (χ0) is 31.8. The van der Waals surface area contributed by atoms with Crippen LogP contribution in [0.1, 0.15) is 66.8 Å². The molecule has 0 atom stereocenters. The van der Waals surface area contributed by atoms with Gasteiger partial charge < -0.3 is 4.90 Å². The van der Waals surface area contributed by atoms with Gasteiger partial charge in [-0.05, 0) is 214 Å². The highest BCUT2D eigenvalue weighted by molar-refractivity contribution is 5.91. The maximum absolute atomic E-state index is 2.69. The lowest BCUT2D eigenvalue weighted by Crippen LogP contribution is -2.20. The Morgan fingerprint density at radius 1 is 0.245 bits per heavy atom. The Balaban J connectivity index is 1.09. The van der Waals surface area contributed by atoms with Crippen molar-refractivity contribution >= 4 is 17.1 Å². The predicted octanol–water partition coefficient (Wildman–Crippen LogP) is 10.7. The van der Waals surface area contributed by atoms with Crippen molar-refractivity contribution in [2.45, 2.75) is 77.0 Å². The Morgan fingerprint density at radius 2 is 0.429 bits per heavy atom. The molecule has 6 aromatic rings. The van der Waals surface area contributed by atoms with Gasteiger partial charge in [0, 0.05) is 17.1 Å². The molecule has 6 aromatic carbocycles. The molecule has 0 saturated heterocycles. The van der Waals surface area contributed by atoms with E-state index >= 15 is 0 Å². The number of nitrogens with zero attached hydrogens (tertiary/aromatic N) is 1. The van der Waals surface area contributed by atoms with E-state index in [1.807, 2.05) is 0 Å². The van der Waals surface area contributed by atoms with Gasteiger partial charge in [0.2, 0.25) is 0 Å². The van der Waals surface area contributed by atoms with Gasteiger partial charge in [-0.2, -0.15) is 0 Å². The highest BCUT2D eigenvalue weighted by Gasteiger charge is 2.32. The molecule has 0 spiro atoms. The lowest BCUT2D eigenvalue weighted by molar-refractivity contribution is 0.870. The second-order valence-electron chi connectivity index (χ2n) is 15.6. The van der Waals surface area contributed by atoms with Crippen LogP contribution >= 0.6 is 0 Å². The van der Waals surface area contributed by atoms with E-state index in [0.29, 0.717) is 0 Å². The number of hydrogen-bond donors (Lipinski definition) is 0. The van der Waals surface area contributed by atoms with Crippen LogP contribution in [0.3, 0.4) is 0 Å². The molecule has 49 heavy (non-hydrogen) atoms. The summed E-state index contributed by atoms with van der Waals surface area (Å²) in [7, 11) is 0. The molecule has 1 nitrogen and oxygen atoms in total. The van der Waals surface area contributed by atoms with Gasteiger partial charge in [-0.15, -0.1) is 0 Å². The van der Waals surface area contributed by atoms with Crippen LogP contribution in [0.15, 0.2) is 91.0 Å². The molecule has 6 aliphatic carbocycles. The molecule has 0 unspecified atom stereocenters. The topological polar surface area (TPSA) is 3.24 Å². The molecule has 0 radical (unpaired) electrons. The first-order valence-electron chi connectivity index (χ1n) is 18.9. The summed E-state index contributed by atoms with van der Waals surface area (Å²) >= 11 is 0.